The zero-order valence-corrected chi connectivity index (χ0v) is 14.7. The molecule has 0 atom stereocenters. The van der Waals surface area contributed by atoms with Gasteiger partial charge in [0.1, 0.15) is 11.3 Å². The Morgan fingerprint density at radius 3 is 2.46 bits per heavy atom. The number of ether oxygens (including phenoxy) is 1. The number of hydrogen-bond donors (Lipinski definition) is 1. The molecule has 0 radical (unpaired) electrons. The SMILES string of the molecule is CCOC(=O)/C(=N\OC12CC3CC(CC(C3)C1)C2)c1csc(N)n1. The summed E-state index contributed by atoms with van der Waals surface area (Å²) in [5.74, 6) is 1.76. The monoisotopic (exact) mass is 349 g/mol. The topological polar surface area (TPSA) is 86.8 Å². The third kappa shape index (κ3) is 2.90. The molecule has 4 saturated carbocycles. The smallest absolute Gasteiger partial charge is 0.362 e. The van der Waals surface area contributed by atoms with Gasteiger partial charge in [0, 0.05) is 5.38 Å². The molecule has 4 fully saturated rings. The molecule has 1 aromatic heterocycles. The Morgan fingerprint density at radius 1 is 1.33 bits per heavy atom. The number of thiazole rings is 1. The summed E-state index contributed by atoms with van der Waals surface area (Å²) in [6.07, 6.45) is 7.16. The van der Waals surface area contributed by atoms with E-state index >= 15 is 0 Å². The van der Waals surface area contributed by atoms with Crippen LogP contribution in [0.15, 0.2) is 10.5 Å². The van der Waals surface area contributed by atoms with E-state index in [0.717, 1.165) is 37.0 Å². The fourth-order valence-corrected chi connectivity index (χ4v) is 5.62. The number of nitrogen functional groups attached to an aromatic ring is 1. The Bertz CT molecular complexity index is 635. The van der Waals surface area contributed by atoms with Crippen LogP contribution in [0, 0.1) is 17.8 Å². The van der Waals surface area contributed by atoms with Gasteiger partial charge in [-0.25, -0.2) is 9.78 Å². The average molecular weight is 349 g/mol. The number of esters is 1. The van der Waals surface area contributed by atoms with Crippen molar-refractivity contribution in [1.82, 2.24) is 4.98 Å². The van der Waals surface area contributed by atoms with Gasteiger partial charge in [0.05, 0.1) is 6.61 Å². The van der Waals surface area contributed by atoms with E-state index in [1.165, 1.54) is 30.6 Å². The highest BCUT2D eigenvalue weighted by molar-refractivity contribution is 7.13. The minimum atomic E-state index is -0.507. The van der Waals surface area contributed by atoms with E-state index < -0.39 is 5.97 Å². The molecule has 0 spiro atoms. The quantitative estimate of drug-likeness (QED) is 0.502. The zero-order valence-electron chi connectivity index (χ0n) is 13.9. The average Bonchev–Trinajstić information content (AvgIpc) is 2.92. The van der Waals surface area contributed by atoms with Crippen molar-refractivity contribution in [3.05, 3.63) is 11.1 Å². The van der Waals surface area contributed by atoms with Crippen LogP contribution >= 0.6 is 11.3 Å². The maximum Gasteiger partial charge on any atom is 0.362 e. The number of carbonyl (C=O) groups excluding carboxylic acids is 1. The van der Waals surface area contributed by atoms with Crippen molar-refractivity contribution in [3.8, 4) is 0 Å². The van der Waals surface area contributed by atoms with Crippen LogP contribution in [0.5, 0.6) is 0 Å². The summed E-state index contributed by atoms with van der Waals surface area (Å²) in [7, 11) is 0. The van der Waals surface area contributed by atoms with Crippen LogP contribution in [0.4, 0.5) is 5.13 Å². The zero-order chi connectivity index (χ0) is 16.7. The summed E-state index contributed by atoms with van der Waals surface area (Å²) < 4.78 is 5.11. The van der Waals surface area contributed by atoms with Crippen molar-refractivity contribution in [2.45, 2.75) is 51.0 Å². The van der Waals surface area contributed by atoms with Gasteiger partial charge in [-0.05, 0) is 63.2 Å². The Morgan fingerprint density at radius 2 is 1.96 bits per heavy atom. The highest BCUT2D eigenvalue weighted by Crippen LogP contribution is 2.57. The number of rotatable bonds is 5. The summed E-state index contributed by atoms with van der Waals surface area (Å²) in [6, 6.07) is 0. The fraction of sp³-hybridized carbons (Fsp3) is 0.706. The lowest BCUT2D eigenvalue weighted by Gasteiger charge is -2.54. The molecule has 0 saturated heterocycles. The first-order valence-electron chi connectivity index (χ1n) is 8.71. The van der Waals surface area contributed by atoms with Gasteiger partial charge in [-0.1, -0.05) is 5.16 Å². The van der Waals surface area contributed by atoms with Crippen LogP contribution < -0.4 is 5.73 Å². The Labute approximate surface area is 145 Å². The molecule has 2 N–H and O–H groups in total. The molecule has 7 heteroatoms. The molecule has 4 bridgehead atoms. The van der Waals surface area contributed by atoms with Gasteiger partial charge in [0.2, 0.25) is 5.71 Å². The Balaban J connectivity index is 1.58. The van der Waals surface area contributed by atoms with Gasteiger partial charge in [-0.15, -0.1) is 11.3 Å². The Hall–Kier alpha value is -1.63. The summed E-state index contributed by atoms with van der Waals surface area (Å²) in [5.41, 5.74) is 6.05. The molecule has 4 aliphatic rings. The summed E-state index contributed by atoms with van der Waals surface area (Å²) >= 11 is 1.28. The number of nitrogens with two attached hydrogens (primary N) is 1. The second-order valence-corrected chi connectivity index (χ2v) is 8.31. The second kappa shape index (κ2) is 6.02. The third-order valence-electron chi connectivity index (χ3n) is 5.55. The lowest BCUT2D eigenvalue weighted by molar-refractivity contribution is -0.162. The highest BCUT2D eigenvalue weighted by atomic mass is 32.1. The summed E-state index contributed by atoms with van der Waals surface area (Å²) in [4.78, 5) is 22.5. The van der Waals surface area contributed by atoms with Crippen LogP contribution in [0.2, 0.25) is 0 Å². The van der Waals surface area contributed by atoms with Crippen LogP contribution in [-0.4, -0.2) is 28.9 Å². The first-order chi connectivity index (χ1) is 11.6. The Kier molecular flexibility index (Phi) is 3.98. The van der Waals surface area contributed by atoms with E-state index in [9.17, 15) is 4.79 Å². The molecule has 5 rings (SSSR count). The third-order valence-corrected chi connectivity index (χ3v) is 6.22. The molecule has 0 aromatic carbocycles. The molecule has 24 heavy (non-hydrogen) atoms. The van der Waals surface area contributed by atoms with Crippen LogP contribution in [0.3, 0.4) is 0 Å². The first kappa shape index (κ1) is 15.9. The van der Waals surface area contributed by atoms with E-state index in [4.69, 9.17) is 15.3 Å². The standard InChI is InChI=1S/C17H23N3O3S/c1-2-22-15(21)14(13-9-24-16(18)19-13)20-23-17-6-10-3-11(7-17)5-12(4-10)8-17/h9-12H,2-8H2,1H3,(H2,18,19)/b20-14-. The van der Waals surface area contributed by atoms with E-state index in [1.807, 2.05) is 0 Å². The van der Waals surface area contributed by atoms with Gasteiger partial charge in [0.25, 0.3) is 0 Å². The lowest BCUT2D eigenvalue weighted by atomic mass is 9.54. The van der Waals surface area contributed by atoms with Crippen molar-refractivity contribution in [2.24, 2.45) is 22.9 Å². The predicted molar refractivity (Wildman–Crippen MR) is 91.7 cm³/mol. The van der Waals surface area contributed by atoms with E-state index in [0.29, 0.717) is 10.8 Å². The predicted octanol–water partition coefficient (Wildman–Crippen LogP) is 2.98. The minimum absolute atomic E-state index is 0.126. The lowest BCUT2D eigenvalue weighted by Crippen LogP contribution is -2.51. The maximum absolute atomic E-state index is 12.3. The number of anilines is 1. The van der Waals surface area contributed by atoms with Crippen LogP contribution in [0.25, 0.3) is 0 Å². The van der Waals surface area contributed by atoms with Crippen molar-refractivity contribution >= 4 is 28.1 Å². The van der Waals surface area contributed by atoms with Crippen LogP contribution in [-0.2, 0) is 14.4 Å². The van der Waals surface area contributed by atoms with Gasteiger partial charge >= 0.3 is 5.97 Å². The maximum atomic E-state index is 12.3. The molecule has 0 unspecified atom stereocenters. The molecule has 4 aliphatic carbocycles. The molecular formula is C17H23N3O3S. The van der Waals surface area contributed by atoms with E-state index in [-0.39, 0.29) is 17.9 Å². The minimum Gasteiger partial charge on any atom is -0.461 e. The molecular weight excluding hydrogens is 326 g/mol. The number of carbonyl (C=O) groups is 1. The molecule has 130 valence electrons. The van der Waals surface area contributed by atoms with Gasteiger partial charge in [-0.2, -0.15) is 0 Å². The molecule has 0 amide bonds. The largest absolute Gasteiger partial charge is 0.461 e. The highest BCUT2D eigenvalue weighted by Gasteiger charge is 2.53. The summed E-state index contributed by atoms with van der Waals surface area (Å²) in [5, 5.41) is 6.36. The van der Waals surface area contributed by atoms with Gasteiger partial charge in [-0.3, -0.25) is 0 Å². The molecule has 1 heterocycles. The normalized spacial score (nSPS) is 34.4. The van der Waals surface area contributed by atoms with Crippen molar-refractivity contribution in [2.75, 3.05) is 12.3 Å². The number of oxime groups is 1. The van der Waals surface area contributed by atoms with Crippen molar-refractivity contribution in [3.63, 3.8) is 0 Å². The number of nitrogens with zero attached hydrogens (tertiary/aromatic N) is 2. The van der Waals surface area contributed by atoms with Gasteiger partial charge in [0.15, 0.2) is 5.13 Å². The van der Waals surface area contributed by atoms with Gasteiger partial charge < -0.3 is 15.3 Å². The molecule has 6 nitrogen and oxygen atoms in total. The number of aromatic nitrogens is 1. The van der Waals surface area contributed by atoms with Crippen LogP contribution in [0.1, 0.15) is 51.1 Å². The van der Waals surface area contributed by atoms with E-state index in [1.54, 1.807) is 12.3 Å². The van der Waals surface area contributed by atoms with Crippen molar-refractivity contribution < 1.29 is 14.4 Å². The molecule has 1 aromatic rings. The van der Waals surface area contributed by atoms with Crippen molar-refractivity contribution in [1.29, 1.82) is 0 Å². The summed E-state index contributed by atoms with van der Waals surface area (Å²) in [6.45, 7) is 2.06. The van der Waals surface area contributed by atoms with E-state index in [2.05, 4.69) is 10.1 Å². The second-order valence-electron chi connectivity index (χ2n) is 7.42. The first-order valence-corrected chi connectivity index (χ1v) is 9.59. The fourth-order valence-electron chi connectivity index (χ4n) is 5.07. The molecule has 0 aliphatic heterocycles. The number of hydrogen-bond acceptors (Lipinski definition) is 7.